The summed E-state index contributed by atoms with van der Waals surface area (Å²) in [5, 5.41) is 21.7. The van der Waals surface area contributed by atoms with E-state index >= 15 is 0 Å². The molecule has 0 aliphatic heterocycles. The van der Waals surface area contributed by atoms with Crippen LogP contribution in [0.5, 0.6) is 11.5 Å². The number of hydrogen-bond acceptors (Lipinski definition) is 3. The van der Waals surface area contributed by atoms with E-state index in [0.717, 1.165) is 5.56 Å². The number of nitrogens with one attached hydrogen (secondary N) is 1. The molecule has 0 atom stereocenters. The molecule has 2 aromatic rings. The van der Waals surface area contributed by atoms with E-state index < -0.39 is 5.91 Å². The number of carbonyl (C=O) groups excluding carboxylic acids is 1. The quantitative estimate of drug-likeness (QED) is 0.738. The van der Waals surface area contributed by atoms with Crippen molar-refractivity contribution in [3.8, 4) is 11.5 Å². The van der Waals surface area contributed by atoms with Crippen LogP contribution >= 0.6 is 11.6 Å². The van der Waals surface area contributed by atoms with E-state index in [4.69, 9.17) is 11.6 Å². The van der Waals surface area contributed by atoms with Crippen molar-refractivity contribution >= 4 is 23.2 Å². The van der Waals surface area contributed by atoms with Crippen molar-refractivity contribution in [3.05, 3.63) is 52.5 Å². The molecule has 0 spiro atoms. The number of carbonyl (C=O) groups is 1. The molecule has 0 saturated heterocycles. The number of rotatable bonds is 2. The zero-order chi connectivity index (χ0) is 14.0. The fourth-order valence-electron chi connectivity index (χ4n) is 1.59. The third-order valence-corrected chi connectivity index (χ3v) is 2.91. The highest BCUT2D eigenvalue weighted by Gasteiger charge is 2.10. The van der Waals surface area contributed by atoms with Gasteiger partial charge in [0, 0.05) is 5.56 Å². The molecule has 19 heavy (non-hydrogen) atoms. The Morgan fingerprint density at radius 3 is 2.47 bits per heavy atom. The topological polar surface area (TPSA) is 69.6 Å². The first kappa shape index (κ1) is 13.2. The summed E-state index contributed by atoms with van der Waals surface area (Å²) in [6.45, 7) is 1.84. The molecule has 0 unspecified atom stereocenters. The fraction of sp³-hybridized carbons (Fsp3) is 0.0714. The van der Waals surface area contributed by atoms with Gasteiger partial charge >= 0.3 is 0 Å². The van der Waals surface area contributed by atoms with E-state index in [0.29, 0.717) is 11.3 Å². The van der Waals surface area contributed by atoms with Gasteiger partial charge in [0.1, 0.15) is 11.5 Å². The van der Waals surface area contributed by atoms with Crippen LogP contribution in [-0.2, 0) is 0 Å². The monoisotopic (exact) mass is 277 g/mol. The lowest BCUT2D eigenvalue weighted by Gasteiger charge is -2.08. The molecule has 3 N–H and O–H groups in total. The third-order valence-electron chi connectivity index (χ3n) is 2.61. The summed E-state index contributed by atoms with van der Waals surface area (Å²) < 4.78 is 0. The second-order valence-electron chi connectivity index (χ2n) is 4.14. The van der Waals surface area contributed by atoms with Gasteiger partial charge in [-0.05, 0) is 42.8 Å². The van der Waals surface area contributed by atoms with Crippen molar-refractivity contribution in [2.24, 2.45) is 0 Å². The average Bonchev–Trinajstić information content (AvgIpc) is 2.36. The van der Waals surface area contributed by atoms with Gasteiger partial charge in [-0.15, -0.1) is 0 Å². The number of benzene rings is 2. The first-order valence-electron chi connectivity index (χ1n) is 5.57. The highest BCUT2D eigenvalue weighted by atomic mass is 35.5. The Balaban J connectivity index is 2.23. The second-order valence-corrected chi connectivity index (χ2v) is 4.55. The van der Waals surface area contributed by atoms with E-state index in [1.165, 1.54) is 18.2 Å². The van der Waals surface area contributed by atoms with Gasteiger partial charge in [-0.1, -0.05) is 17.7 Å². The molecule has 0 aliphatic carbocycles. The van der Waals surface area contributed by atoms with Gasteiger partial charge < -0.3 is 15.5 Å². The first-order chi connectivity index (χ1) is 8.97. The molecule has 1 amide bonds. The number of aromatic hydroxyl groups is 2. The van der Waals surface area contributed by atoms with Crippen molar-refractivity contribution < 1.29 is 15.0 Å². The molecule has 98 valence electrons. The van der Waals surface area contributed by atoms with Crippen LogP contribution in [0.2, 0.25) is 5.02 Å². The van der Waals surface area contributed by atoms with Crippen LogP contribution in [-0.4, -0.2) is 16.1 Å². The van der Waals surface area contributed by atoms with Gasteiger partial charge in [0.25, 0.3) is 5.91 Å². The predicted molar refractivity (Wildman–Crippen MR) is 73.9 cm³/mol. The normalized spacial score (nSPS) is 10.2. The van der Waals surface area contributed by atoms with Gasteiger partial charge in [-0.2, -0.15) is 0 Å². The standard InChI is InChI=1S/C14H12ClNO3/c1-8-2-4-11(13(18)6-8)16-14(19)9-3-5-12(17)10(15)7-9/h2-7,17-18H,1H3,(H,16,19). The maximum atomic E-state index is 12.0. The third kappa shape index (κ3) is 2.98. The number of anilines is 1. The van der Waals surface area contributed by atoms with Gasteiger partial charge in [0.05, 0.1) is 10.7 Å². The molecule has 0 bridgehead atoms. The molecule has 2 aromatic carbocycles. The van der Waals surface area contributed by atoms with E-state index in [2.05, 4.69) is 5.32 Å². The molecule has 0 fully saturated rings. The molecule has 5 heteroatoms. The van der Waals surface area contributed by atoms with E-state index in [-0.39, 0.29) is 16.5 Å². The second kappa shape index (κ2) is 5.20. The summed E-state index contributed by atoms with van der Waals surface area (Å²) in [5.41, 5.74) is 1.51. The Hall–Kier alpha value is -2.20. The Labute approximate surface area is 115 Å². The van der Waals surface area contributed by atoms with E-state index in [1.54, 1.807) is 18.2 Å². The average molecular weight is 278 g/mol. The van der Waals surface area contributed by atoms with Crippen molar-refractivity contribution in [2.45, 2.75) is 6.92 Å². The summed E-state index contributed by atoms with van der Waals surface area (Å²) in [5.74, 6) is -0.504. The minimum Gasteiger partial charge on any atom is -0.506 e. The van der Waals surface area contributed by atoms with Crippen LogP contribution in [0.3, 0.4) is 0 Å². The van der Waals surface area contributed by atoms with E-state index in [1.807, 2.05) is 6.92 Å². The van der Waals surface area contributed by atoms with Crippen LogP contribution in [0.4, 0.5) is 5.69 Å². The summed E-state index contributed by atoms with van der Waals surface area (Å²) in [7, 11) is 0. The molecule has 0 aliphatic rings. The van der Waals surface area contributed by atoms with Crippen LogP contribution in [0.25, 0.3) is 0 Å². The highest BCUT2D eigenvalue weighted by Crippen LogP contribution is 2.26. The predicted octanol–water partition coefficient (Wildman–Crippen LogP) is 3.31. The van der Waals surface area contributed by atoms with Crippen LogP contribution in [0.1, 0.15) is 15.9 Å². The van der Waals surface area contributed by atoms with Crippen molar-refractivity contribution in [2.75, 3.05) is 5.32 Å². The van der Waals surface area contributed by atoms with Gasteiger partial charge in [0.15, 0.2) is 0 Å². The lowest BCUT2D eigenvalue weighted by atomic mass is 10.1. The smallest absolute Gasteiger partial charge is 0.255 e. The maximum absolute atomic E-state index is 12.0. The minimum absolute atomic E-state index is 0.00164. The maximum Gasteiger partial charge on any atom is 0.255 e. The first-order valence-corrected chi connectivity index (χ1v) is 5.94. The lowest BCUT2D eigenvalue weighted by Crippen LogP contribution is -2.11. The van der Waals surface area contributed by atoms with Gasteiger partial charge in [-0.3, -0.25) is 4.79 Å². The molecular weight excluding hydrogens is 266 g/mol. The Morgan fingerprint density at radius 2 is 1.84 bits per heavy atom. The number of phenolic OH excluding ortho intramolecular Hbond substituents is 2. The molecule has 0 saturated carbocycles. The summed E-state index contributed by atoms with van der Waals surface area (Å²) in [6, 6.07) is 9.09. The number of aryl methyl sites for hydroxylation is 1. The number of amides is 1. The summed E-state index contributed by atoms with van der Waals surface area (Å²) in [4.78, 5) is 12.0. The molecular formula is C14H12ClNO3. The zero-order valence-corrected chi connectivity index (χ0v) is 10.9. The zero-order valence-electron chi connectivity index (χ0n) is 10.1. The molecule has 0 aromatic heterocycles. The van der Waals surface area contributed by atoms with Crippen LogP contribution < -0.4 is 5.32 Å². The summed E-state index contributed by atoms with van der Waals surface area (Å²) >= 11 is 5.73. The van der Waals surface area contributed by atoms with Crippen molar-refractivity contribution in [1.82, 2.24) is 0 Å². The minimum atomic E-state index is -0.416. The van der Waals surface area contributed by atoms with Gasteiger partial charge in [0.2, 0.25) is 0 Å². The number of phenols is 2. The number of hydrogen-bond donors (Lipinski definition) is 3. The van der Waals surface area contributed by atoms with Crippen LogP contribution in [0.15, 0.2) is 36.4 Å². The Kier molecular flexibility index (Phi) is 3.62. The highest BCUT2D eigenvalue weighted by molar-refractivity contribution is 6.32. The molecule has 2 rings (SSSR count). The largest absolute Gasteiger partial charge is 0.506 e. The number of halogens is 1. The van der Waals surface area contributed by atoms with Gasteiger partial charge in [-0.25, -0.2) is 0 Å². The molecule has 0 radical (unpaired) electrons. The Morgan fingerprint density at radius 1 is 1.11 bits per heavy atom. The molecule has 0 heterocycles. The Bertz CT molecular complexity index is 641. The van der Waals surface area contributed by atoms with Crippen molar-refractivity contribution in [1.29, 1.82) is 0 Å². The van der Waals surface area contributed by atoms with E-state index in [9.17, 15) is 15.0 Å². The fourth-order valence-corrected chi connectivity index (χ4v) is 1.77. The summed E-state index contributed by atoms with van der Waals surface area (Å²) in [6.07, 6.45) is 0. The lowest BCUT2D eigenvalue weighted by molar-refractivity contribution is 0.102. The SMILES string of the molecule is Cc1ccc(NC(=O)c2ccc(O)c(Cl)c2)c(O)c1. The molecule has 4 nitrogen and oxygen atoms in total. The van der Waals surface area contributed by atoms with Crippen LogP contribution in [0, 0.1) is 6.92 Å². The van der Waals surface area contributed by atoms with Crippen molar-refractivity contribution in [3.63, 3.8) is 0 Å².